The number of benzene rings is 2. The van der Waals surface area contributed by atoms with Crippen molar-refractivity contribution >= 4 is 12.4 Å². The Morgan fingerprint density at radius 2 is 1.58 bits per heavy atom. The molecule has 5 heteroatoms. The lowest BCUT2D eigenvalue weighted by Gasteiger charge is -1.92. The molecule has 0 amide bonds. The minimum Gasteiger partial charge on any atom is -0.508 e. The average Bonchev–Trinajstić information content (AvgIpc) is 2.41. The lowest BCUT2D eigenvalue weighted by Crippen LogP contribution is -1.93. The fourth-order valence-corrected chi connectivity index (χ4v) is 1.16. The molecule has 98 valence electrons. The molecule has 0 aliphatic carbocycles. The van der Waals surface area contributed by atoms with Gasteiger partial charge >= 0.3 is 5.97 Å². The summed E-state index contributed by atoms with van der Waals surface area (Å²) < 4.78 is 4.53. The first-order chi connectivity index (χ1) is 9.13. The van der Waals surface area contributed by atoms with E-state index < -0.39 is 5.97 Å². The van der Waals surface area contributed by atoms with Gasteiger partial charge in [0.15, 0.2) is 0 Å². The molecule has 0 aliphatic heterocycles. The molecule has 0 unspecified atom stereocenters. The minimum absolute atomic E-state index is 0.0741. The molecule has 0 aliphatic rings. The first-order valence-electron chi connectivity index (χ1n) is 5.31. The molecule has 0 saturated heterocycles. The van der Waals surface area contributed by atoms with Gasteiger partial charge in [-0.25, -0.2) is 4.79 Å². The van der Waals surface area contributed by atoms with Crippen LogP contribution < -0.4 is 4.74 Å². The highest BCUT2D eigenvalue weighted by atomic mass is 16.5. The summed E-state index contributed by atoms with van der Waals surface area (Å²) in [6.45, 7) is 0.412. The van der Waals surface area contributed by atoms with Crippen molar-refractivity contribution in [2.24, 2.45) is 0 Å². The molecular formula is C14H12O5. The third kappa shape index (κ3) is 5.36. The first kappa shape index (κ1) is 14.2. The van der Waals surface area contributed by atoms with Crippen LogP contribution in [0.5, 0.6) is 11.5 Å². The number of carboxylic acids is 1. The third-order valence-corrected chi connectivity index (χ3v) is 2.04. The van der Waals surface area contributed by atoms with E-state index in [4.69, 9.17) is 10.2 Å². The predicted molar refractivity (Wildman–Crippen MR) is 68.2 cm³/mol. The van der Waals surface area contributed by atoms with Gasteiger partial charge in [-0.2, -0.15) is 0 Å². The maximum atomic E-state index is 10.2. The van der Waals surface area contributed by atoms with Crippen LogP contribution in [-0.2, 0) is 4.79 Å². The van der Waals surface area contributed by atoms with Crippen LogP contribution in [0.4, 0.5) is 0 Å². The van der Waals surface area contributed by atoms with Gasteiger partial charge < -0.3 is 14.9 Å². The third-order valence-electron chi connectivity index (χ3n) is 2.04. The van der Waals surface area contributed by atoms with Crippen LogP contribution in [-0.4, -0.2) is 22.7 Å². The normalized spacial score (nSPS) is 8.84. The van der Waals surface area contributed by atoms with Gasteiger partial charge in [0.2, 0.25) is 0 Å². The molecule has 0 atom stereocenters. The van der Waals surface area contributed by atoms with Gasteiger partial charge in [0, 0.05) is 0 Å². The van der Waals surface area contributed by atoms with Crippen LogP contribution in [0, 0.1) is 0 Å². The minimum atomic E-state index is -0.986. The van der Waals surface area contributed by atoms with Gasteiger partial charge in [0.1, 0.15) is 11.5 Å². The number of carbonyl (C=O) groups excluding carboxylic acids is 1. The van der Waals surface area contributed by atoms with E-state index in [2.05, 4.69) is 4.74 Å². The second kappa shape index (κ2) is 7.50. The number of phenolic OH excluding ortho intramolecular Hbond substituents is 1. The van der Waals surface area contributed by atoms with E-state index in [1.54, 1.807) is 24.3 Å². The Hall–Kier alpha value is -2.82. The quantitative estimate of drug-likeness (QED) is 0.827. The molecular weight excluding hydrogens is 248 g/mol. The fraction of sp³-hybridized carbons (Fsp3) is 0. The van der Waals surface area contributed by atoms with Crippen LogP contribution in [0.25, 0.3) is 0 Å². The summed E-state index contributed by atoms with van der Waals surface area (Å²) >= 11 is 0. The van der Waals surface area contributed by atoms with Crippen molar-refractivity contribution < 1.29 is 24.5 Å². The van der Waals surface area contributed by atoms with Crippen LogP contribution in [0.1, 0.15) is 10.4 Å². The molecule has 0 radical (unpaired) electrons. The van der Waals surface area contributed by atoms with Crippen LogP contribution in [0.15, 0.2) is 54.6 Å². The monoisotopic (exact) mass is 260 g/mol. The summed E-state index contributed by atoms with van der Waals surface area (Å²) in [7, 11) is 0. The summed E-state index contributed by atoms with van der Waals surface area (Å²) in [4.78, 5) is 20.0. The van der Waals surface area contributed by atoms with Crippen molar-refractivity contribution in [3.63, 3.8) is 0 Å². The van der Waals surface area contributed by atoms with Crippen LogP contribution in [0.2, 0.25) is 0 Å². The number of carbonyl (C=O) groups is 2. The summed E-state index contributed by atoms with van der Waals surface area (Å²) in [6, 6.07) is 14.3. The van der Waals surface area contributed by atoms with Crippen molar-refractivity contribution in [1.82, 2.24) is 0 Å². The highest BCUT2D eigenvalue weighted by molar-refractivity contribution is 5.87. The smallest absolute Gasteiger partial charge is 0.335 e. The zero-order valence-corrected chi connectivity index (χ0v) is 9.89. The van der Waals surface area contributed by atoms with Crippen LogP contribution in [0.3, 0.4) is 0 Å². The molecule has 2 N–H and O–H groups in total. The molecule has 5 nitrogen and oxygen atoms in total. The molecule has 0 spiro atoms. The zero-order valence-electron chi connectivity index (χ0n) is 9.89. The molecule has 0 bridgehead atoms. The Kier molecular flexibility index (Phi) is 5.62. The Morgan fingerprint density at radius 3 is 2.05 bits per heavy atom. The van der Waals surface area contributed by atoms with E-state index in [-0.39, 0.29) is 11.3 Å². The van der Waals surface area contributed by atoms with Gasteiger partial charge in [-0.3, -0.25) is 4.79 Å². The molecule has 19 heavy (non-hydrogen) atoms. The molecule has 0 fully saturated rings. The first-order valence-corrected chi connectivity index (χ1v) is 5.31. The average molecular weight is 260 g/mol. The van der Waals surface area contributed by atoms with Gasteiger partial charge in [-0.1, -0.05) is 18.2 Å². The largest absolute Gasteiger partial charge is 0.508 e. The van der Waals surface area contributed by atoms with Crippen molar-refractivity contribution in [2.75, 3.05) is 0 Å². The van der Waals surface area contributed by atoms with Crippen molar-refractivity contribution in [1.29, 1.82) is 0 Å². The number of rotatable bonds is 3. The second-order valence-electron chi connectivity index (χ2n) is 3.38. The van der Waals surface area contributed by atoms with Crippen molar-refractivity contribution in [3.8, 4) is 11.5 Å². The standard InChI is InChI=1S/C7H6O3.C7H6O2/c8-6-3-1-5(2-4-6)7(9)10;8-6-9-7-4-2-1-3-5-7/h1-4,8H,(H,9,10);1-6H. The number of carboxylic acid groups (broad SMARTS) is 1. The summed E-state index contributed by atoms with van der Waals surface area (Å²) in [5, 5.41) is 17.1. The number of hydrogen-bond acceptors (Lipinski definition) is 4. The lowest BCUT2D eigenvalue weighted by molar-refractivity contribution is -0.120. The highest BCUT2D eigenvalue weighted by Gasteiger charge is 1.99. The van der Waals surface area contributed by atoms with Crippen molar-refractivity contribution in [3.05, 3.63) is 60.2 Å². The molecule has 0 heterocycles. The Balaban J connectivity index is 0.000000191. The topological polar surface area (TPSA) is 83.8 Å². The fourth-order valence-electron chi connectivity index (χ4n) is 1.16. The number of aromatic carboxylic acids is 1. The summed E-state index contributed by atoms with van der Waals surface area (Å²) in [5.74, 6) is -0.336. The number of hydrogen-bond donors (Lipinski definition) is 2. The number of ether oxygens (including phenoxy) is 1. The van der Waals surface area contributed by atoms with E-state index in [0.29, 0.717) is 12.2 Å². The molecule has 2 rings (SSSR count). The van der Waals surface area contributed by atoms with E-state index in [1.807, 2.05) is 6.07 Å². The van der Waals surface area contributed by atoms with E-state index in [0.717, 1.165) is 0 Å². The lowest BCUT2D eigenvalue weighted by atomic mass is 10.2. The summed E-state index contributed by atoms with van der Waals surface area (Å²) in [6.07, 6.45) is 0. The Bertz CT molecular complexity index is 519. The predicted octanol–water partition coefficient (Wildman–Crippen LogP) is 2.31. The van der Waals surface area contributed by atoms with E-state index in [9.17, 15) is 9.59 Å². The maximum Gasteiger partial charge on any atom is 0.335 e. The molecule has 0 aromatic heterocycles. The van der Waals surface area contributed by atoms with Crippen LogP contribution >= 0.6 is 0 Å². The zero-order chi connectivity index (χ0) is 14.1. The molecule has 2 aromatic carbocycles. The molecule has 0 saturated carbocycles. The number of phenols is 1. The maximum absolute atomic E-state index is 10.2. The van der Waals surface area contributed by atoms with E-state index >= 15 is 0 Å². The highest BCUT2D eigenvalue weighted by Crippen LogP contribution is 2.08. The van der Waals surface area contributed by atoms with Gasteiger partial charge in [-0.05, 0) is 36.4 Å². The SMILES string of the molecule is O=C(O)c1ccc(O)cc1.O=COc1ccccc1. The van der Waals surface area contributed by atoms with Gasteiger partial charge in [0.25, 0.3) is 6.47 Å². The van der Waals surface area contributed by atoms with Crippen molar-refractivity contribution in [2.45, 2.75) is 0 Å². The Morgan fingerprint density at radius 1 is 1.00 bits per heavy atom. The summed E-state index contributed by atoms with van der Waals surface area (Å²) in [5.41, 5.74) is 0.179. The second-order valence-corrected chi connectivity index (χ2v) is 3.38. The van der Waals surface area contributed by atoms with Gasteiger partial charge in [-0.15, -0.1) is 0 Å². The Labute approximate surface area is 109 Å². The van der Waals surface area contributed by atoms with Gasteiger partial charge in [0.05, 0.1) is 5.56 Å². The molecule has 2 aromatic rings. The van der Waals surface area contributed by atoms with E-state index in [1.165, 1.54) is 24.3 Å². The number of para-hydroxylation sites is 1. The number of aromatic hydroxyl groups is 1.